The van der Waals surface area contributed by atoms with Crippen molar-refractivity contribution in [1.82, 2.24) is 20.0 Å². The average molecular weight is 480 g/mol. The average Bonchev–Trinajstić information content (AvgIpc) is 3.45. The van der Waals surface area contributed by atoms with Crippen LogP contribution in [0.3, 0.4) is 0 Å². The zero-order valence-corrected chi connectivity index (χ0v) is 19.6. The molecular formula is C24H22ClN5O2S. The highest BCUT2D eigenvalue weighted by Crippen LogP contribution is 2.35. The molecule has 0 aliphatic heterocycles. The SMILES string of the molecule is Cc1cnn(C2CCCc3ccccc32)c1NC(=O)CSc1nnc(-c2ccc(Cl)cc2)o1. The number of anilines is 1. The number of nitrogens with one attached hydrogen (secondary N) is 1. The van der Waals surface area contributed by atoms with Crippen LogP contribution in [0.15, 0.2) is 64.4 Å². The van der Waals surface area contributed by atoms with Crippen LogP contribution in [-0.2, 0) is 11.2 Å². The molecule has 1 unspecified atom stereocenters. The summed E-state index contributed by atoms with van der Waals surface area (Å²) in [4.78, 5) is 12.8. The fourth-order valence-electron chi connectivity index (χ4n) is 4.10. The Morgan fingerprint density at radius 3 is 2.88 bits per heavy atom. The topological polar surface area (TPSA) is 85.8 Å². The second kappa shape index (κ2) is 9.41. The van der Waals surface area contributed by atoms with Crippen molar-refractivity contribution in [3.05, 3.63) is 76.4 Å². The molecule has 1 N–H and O–H groups in total. The van der Waals surface area contributed by atoms with E-state index in [2.05, 4.69) is 44.9 Å². The van der Waals surface area contributed by atoms with E-state index in [1.807, 2.05) is 23.7 Å². The van der Waals surface area contributed by atoms with Crippen LogP contribution >= 0.6 is 23.4 Å². The first-order valence-electron chi connectivity index (χ1n) is 10.7. The van der Waals surface area contributed by atoms with Gasteiger partial charge in [-0.15, -0.1) is 10.2 Å². The van der Waals surface area contributed by atoms with Crippen LogP contribution in [0.1, 0.15) is 35.6 Å². The minimum Gasteiger partial charge on any atom is -0.411 e. The van der Waals surface area contributed by atoms with Crippen molar-refractivity contribution in [2.45, 2.75) is 37.5 Å². The number of amides is 1. The van der Waals surface area contributed by atoms with Gasteiger partial charge < -0.3 is 9.73 Å². The summed E-state index contributed by atoms with van der Waals surface area (Å²) in [5.41, 5.74) is 4.33. The molecule has 0 spiro atoms. The maximum absolute atomic E-state index is 12.8. The third-order valence-corrected chi connectivity index (χ3v) is 6.76. The number of nitrogens with zero attached hydrogens (tertiary/aromatic N) is 4. The standard InChI is InChI=1S/C24H22ClN5O2S/c1-15-13-26-30(20-8-4-6-16-5-2-3-7-19(16)20)22(15)27-21(31)14-33-24-29-28-23(32-24)17-9-11-18(25)12-10-17/h2-3,5,7,9-13,20H,4,6,8,14H2,1H3,(H,27,31). The summed E-state index contributed by atoms with van der Waals surface area (Å²) in [6, 6.07) is 15.7. The van der Waals surface area contributed by atoms with Crippen molar-refractivity contribution in [3.8, 4) is 11.5 Å². The van der Waals surface area contributed by atoms with Gasteiger partial charge in [0.2, 0.25) is 11.8 Å². The Morgan fingerprint density at radius 2 is 2.03 bits per heavy atom. The molecule has 168 valence electrons. The van der Waals surface area contributed by atoms with Crippen LogP contribution in [0.5, 0.6) is 0 Å². The fraction of sp³-hybridized carbons (Fsp3) is 0.250. The number of carbonyl (C=O) groups excluding carboxylic acids is 1. The number of carbonyl (C=O) groups is 1. The Kier molecular flexibility index (Phi) is 6.20. The first-order valence-corrected chi connectivity index (χ1v) is 12.1. The molecule has 1 aliphatic carbocycles. The highest BCUT2D eigenvalue weighted by molar-refractivity contribution is 7.99. The van der Waals surface area contributed by atoms with Crippen LogP contribution in [0, 0.1) is 6.92 Å². The lowest BCUT2D eigenvalue weighted by Gasteiger charge is -2.27. The van der Waals surface area contributed by atoms with Crippen LogP contribution in [0.2, 0.25) is 5.02 Å². The Bertz CT molecular complexity index is 1280. The van der Waals surface area contributed by atoms with E-state index >= 15 is 0 Å². The molecule has 4 aromatic rings. The summed E-state index contributed by atoms with van der Waals surface area (Å²) in [6.07, 6.45) is 4.96. The number of thioether (sulfide) groups is 1. The molecule has 9 heteroatoms. The van der Waals surface area contributed by atoms with E-state index in [1.54, 1.807) is 18.3 Å². The van der Waals surface area contributed by atoms with Crippen LogP contribution in [0.4, 0.5) is 5.82 Å². The predicted octanol–water partition coefficient (Wildman–Crippen LogP) is 5.55. The summed E-state index contributed by atoms with van der Waals surface area (Å²) in [5, 5.41) is 16.7. The Hall–Kier alpha value is -3.10. The minimum absolute atomic E-state index is 0.115. The third-order valence-electron chi connectivity index (χ3n) is 5.69. The number of halogens is 1. The van der Waals surface area contributed by atoms with E-state index in [4.69, 9.17) is 16.0 Å². The number of aromatic nitrogens is 4. The lowest BCUT2D eigenvalue weighted by Crippen LogP contribution is -2.23. The van der Waals surface area contributed by atoms with Crippen LogP contribution < -0.4 is 5.32 Å². The maximum Gasteiger partial charge on any atom is 0.277 e. The quantitative estimate of drug-likeness (QED) is 0.365. The molecule has 1 amide bonds. The highest BCUT2D eigenvalue weighted by Gasteiger charge is 2.25. The van der Waals surface area contributed by atoms with Gasteiger partial charge in [0.15, 0.2) is 0 Å². The van der Waals surface area contributed by atoms with E-state index in [0.717, 1.165) is 36.2 Å². The van der Waals surface area contributed by atoms with Gasteiger partial charge in [0, 0.05) is 16.1 Å². The number of benzene rings is 2. The molecule has 7 nitrogen and oxygen atoms in total. The number of fused-ring (bicyclic) bond motifs is 1. The first-order chi connectivity index (χ1) is 16.1. The Labute approximate surface area is 200 Å². The molecule has 0 saturated carbocycles. The highest BCUT2D eigenvalue weighted by atomic mass is 35.5. The molecule has 0 bridgehead atoms. The van der Waals surface area contributed by atoms with Crippen molar-refractivity contribution in [1.29, 1.82) is 0 Å². The molecule has 2 aromatic heterocycles. The summed E-state index contributed by atoms with van der Waals surface area (Å²) in [7, 11) is 0. The third kappa shape index (κ3) is 4.67. The van der Waals surface area contributed by atoms with Gasteiger partial charge in [-0.25, -0.2) is 4.68 Å². The lowest BCUT2D eigenvalue weighted by molar-refractivity contribution is -0.113. The maximum atomic E-state index is 12.8. The second-order valence-electron chi connectivity index (χ2n) is 7.94. The Morgan fingerprint density at radius 1 is 1.21 bits per heavy atom. The van der Waals surface area contributed by atoms with Crippen molar-refractivity contribution in [2.75, 3.05) is 11.1 Å². The van der Waals surface area contributed by atoms with E-state index in [-0.39, 0.29) is 17.7 Å². The van der Waals surface area contributed by atoms with Crippen LogP contribution in [0.25, 0.3) is 11.5 Å². The summed E-state index contributed by atoms with van der Waals surface area (Å²) in [5.74, 6) is 1.11. The van der Waals surface area contributed by atoms with Gasteiger partial charge in [0.25, 0.3) is 5.22 Å². The fourth-order valence-corrected chi connectivity index (χ4v) is 4.78. The molecule has 2 aromatic carbocycles. The van der Waals surface area contributed by atoms with Gasteiger partial charge >= 0.3 is 0 Å². The van der Waals surface area contributed by atoms with Crippen molar-refractivity contribution in [3.63, 3.8) is 0 Å². The van der Waals surface area contributed by atoms with E-state index < -0.39 is 0 Å². The molecule has 1 aliphatic rings. The molecule has 2 heterocycles. The van der Waals surface area contributed by atoms with Gasteiger partial charge in [-0.2, -0.15) is 5.10 Å². The number of hydrogen-bond donors (Lipinski definition) is 1. The smallest absolute Gasteiger partial charge is 0.277 e. The van der Waals surface area contributed by atoms with Crippen molar-refractivity contribution < 1.29 is 9.21 Å². The van der Waals surface area contributed by atoms with Gasteiger partial charge in [0.05, 0.1) is 18.0 Å². The summed E-state index contributed by atoms with van der Waals surface area (Å²) >= 11 is 7.12. The molecular weight excluding hydrogens is 458 g/mol. The van der Waals surface area contributed by atoms with Gasteiger partial charge in [-0.05, 0) is 61.6 Å². The second-order valence-corrected chi connectivity index (χ2v) is 9.31. The molecule has 0 radical (unpaired) electrons. The normalized spacial score (nSPS) is 15.3. The minimum atomic E-state index is -0.153. The molecule has 0 fully saturated rings. The number of rotatable bonds is 6. The summed E-state index contributed by atoms with van der Waals surface area (Å²) < 4.78 is 7.62. The largest absolute Gasteiger partial charge is 0.411 e. The molecule has 5 rings (SSSR count). The van der Waals surface area contributed by atoms with Gasteiger partial charge in [-0.1, -0.05) is 47.6 Å². The molecule has 0 saturated heterocycles. The van der Waals surface area contributed by atoms with Crippen molar-refractivity contribution in [2.24, 2.45) is 0 Å². The number of aryl methyl sites for hydroxylation is 2. The molecule has 1 atom stereocenters. The van der Waals surface area contributed by atoms with E-state index in [9.17, 15) is 4.79 Å². The predicted molar refractivity (Wildman–Crippen MR) is 129 cm³/mol. The van der Waals surface area contributed by atoms with Crippen LogP contribution in [-0.4, -0.2) is 31.6 Å². The van der Waals surface area contributed by atoms with Gasteiger partial charge in [-0.3, -0.25) is 4.79 Å². The van der Waals surface area contributed by atoms with E-state index in [0.29, 0.717) is 16.1 Å². The number of hydrogen-bond acceptors (Lipinski definition) is 6. The van der Waals surface area contributed by atoms with Crippen molar-refractivity contribution >= 4 is 35.1 Å². The van der Waals surface area contributed by atoms with Gasteiger partial charge in [0.1, 0.15) is 5.82 Å². The van der Waals surface area contributed by atoms with E-state index in [1.165, 1.54) is 22.9 Å². The first kappa shape index (κ1) is 21.7. The zero-order chi connectivity index (χ0) is 22.8. The molecule has 33 heavy (non-hydrogen) atoms. The Balaban J connectivity index is 1.26. The zero-order valence-electron chi connectivity index (χ0n) is 18.0. The lowest BCUT2D eigenvalue weighted by atomic mass is 9.88. The summed E-state index contributed by atoms with van der Waals surface area (Å²) in [6.45, 7) is 1.96. The monoisotopic (exact) mass is 479 g/mol.